The smallest absolute Gasteiger partial charge is 0.354 e. The number of aromatic hydroxyl groups is 1. The number of phenolic OH excluding ortho intramolecular Hbond substituents is 1. The normalized spacial score (nSPS) is 18.2. The number of hydrazone groups is 1. The van der Waals surface area contributed by atoms with Crippen molar-refractivity contribution in [2.45, 2.75) is 19.4 Å². The minimum Gasteiger partial charge on any atom is -0.507 e. The molecule has 4 rings (SSSR count). The molecule has 172 valence electrons. The second kappa shape index (κ2) is 9.72. The molecular weight excluding hydrogens is 424 g/mol. The van der Waals surface area contributed by atoms with Crippen LogP contribution < -0.4 is 5.01 Å². The Labute approximate surface area is 191 Å². The van der Waals surface area contributed by atoms with Crippen molar-refractivity contribution in [1.29, 1.82) is 0 Å². The van der Waals surface area contributed by atoms with Gasteiger partial charge in [0.1, 0.15) is 17.5 Å². The highest BCUT2D eigenvalue weighted by atomic mass is 16.5. The number of hydrogen-bond donors (Lipinski definition) is 1. The molecule has 9 nitrogen and oxygen atoms in total. The minimum absolute atomic E-state index is 0.0610. The molecule has 0 saturated carbocycles. The summed E-state index contributed by atoms with van der Waals surface area (Å²) in [4.78, 5) is 41.8. The van der Waals surface area contributed by atoms with Crippen molar-refractivity contribution in [2.24, 2.45) is 5.10 Å². The Morgan fingerprint density at radius 3 is 2.27 bits per heavy atom. The second-order valence-corrected chi connectivity index (χ2v) is 7.80. The average Bonchev–Trinajstić information content (AvgIpc) is 3.30. The lowest BCUT2D eigenvalue weighted by molar-refractivity contribution is -0.135. The Balaban J connectivity index is 1.45. The van der Waals surface area contributed by atoms with Crippen molar-refractivity contribution in [3.8, 4) is 5.75 Å². The molecule has 0 radical (unpaired) electrons. The number of esters is 1. The fourth-order valence-electron chi connectivity index (χ4n) is 4.02. The molecule has 2 aliphatic heterocycles. The van der Waals surface area contributed by atoms with Crippen LogP contribution in [0.4, 0.5) is 5.69 Å². The summed E-state index contributed by atoms with van der Waals surface area (Å²) >= 11 is 0. The fraction of sp³-hybridized carbons (Fsp3) is 0.333. The van der Waals surface area contributed by atoms with Gasteiger partial charge in [-0.25, -0.2) is 4.79 Å². The molecular formula is C24H26N4O5. The predicted molar refractivity (Wildman–Crippen MR) is 122 cm³/mol. The number of amides is 2. The van der Waals surface area contributed by atoms with Gasteiger partial charge in [-0.1, -0.05) is 30.3 Å². The third-order valence-corrected chi connectivity index (χ3v) is 5.74. The van der Waals surface area contributed by atoms with Crippen molar-refractivity contribution < 1.29 is 24.2 Å². The van der Waals surface area contributed by atoms with Gasteiger partial charge in [0.05, 0.1) is 17.9 Å². The van der Waals surface area contributed by atoms with E-state index in [1.54, 1.807) is 39.9 Å². The van der Waals surface area contributed by atoms with E-state index in [2.05, 4.69) is 5.10 Å². The molecule has 9 heteroatoms. The molecule has 1 N–H and O–H groups in total. The molecule has 2 aliphatic rings. The van der Waals surface area contributed by atoms with Gasteiger partial charge in [0.2, 0.25) is 5.91 Å². The first-order valence-electron chi connectivity index (χ1n) is 10.9. The number of carbonyl (C=O) groups excluding carboxylic acids is 3. The van der Waals surface area contributed by atoms with Crippen LogP contribution in [0.2, 0.25) is 0 Å². The van der Waals surface area contributed by atoms with Crippen LogP contribution in [0, 0.1) is 0 Å². The quantitative estimate of drug-likeness (QED) is 0.698. The lowest BCUT2D eigenvalue weighted by Crippen LogP contribution is -2.54. The van der Waals surface area contributed by atoms with Gasteiger partial charge in [-0.05, 0) is 31.2 Å². The number of ether oxygens (including phenoxy) is 1. The van der Waals surface area contributed by atoms with Crippen LogP contribution in [0.5, 0.6) is 5.75 Å². The number of piperazine rings is 1. The van der Waals surface area contributed by atoms with E-state index in [4.69, 9.17) is 4.74 Å². The number of benzene rings is 2. The van der Waals surface area contributed by atoms with Crippen LogP contribution in [0.15, 0.2) is 59.7 Å². The van der Waals surface area contributed by atoms with Gasteiger partial charge in [-0.15, -0.1) is 0 Å². The Hall–Kier alpha value is -3.88. The highest BCUT2D eigenvalue weighted by molar-refractivity contribution is 6.38. The molecule has 1 fully saturated rings. The van der Waals surface area contributed by atoms with Gasteiger partial charge in [0.15, 0.2) is 0 Å². The molecule has 2 amide bonds. The van der Waals surface area contributed by atoms with Crippen LogP contribution in [-0.2, 0) is 14.3 Å². The van der Waals surface area contributed by atoms with E-state index in [0.717, 1.165) is 0 Å². The second-order valence-electron chi connectivity index (χ2n) is 7.80. The van der Waals surface area contributed by atoms with Gasteiger partial charge in [-0.2, -0.15) is 5.10 Å². The van der Waals surface area contributed by atoms with E-state index in [1.165, 1.54) is 6.07 Å². The number of anilines is 1. The van der Waals surface area contributed by atoms with Gasteiger partial charge >= 0.3 is 5.97 Å². The zero-order valence-electron chi connectivity index (χ0n) is 18.4. The van der Waals surface area contributed by atoms with Crippen molar-refractivity contribution >= 4 is 29.2 Å². The zero-order chi connectivity index (χ0) is 23.4. The molecule has 0 spiro atoms. The van der Waals surface area contributed by atoms with E-state index in [9.17, 15) is 19.5 Å². The molecule has 1 atom stereocenters. The van der Waals surface area contributed by atoms with Gasteiger partial charge < -0.3 is 19.6 Å². The van der Waals surface area contributed by atoms with Crippen LogP contribution in [0.25, 0.3) is 0 Å². The maximum Gasteiger partial charge on any atom is 0.354 e. The molecule has 0 aliphatic carbocycles. The zero-order valence-corrected chi connectivity index (χ0v) is 18.4. The standard InChI is InChI=1S/C24H26N4O5/c1-2-33-24(32)19-16-20(28(25-19)17-8-4-3-5-9-17)23(31)27-14-12-26(13-15-27)22(30)18-10-6-7-11-21(18)29/h3-11,20,29H,2,12-16H2,1H3. The minimum atomic E-state index is -0.660. The maximum atomic E-state index is 13.4. The Morgan fingerprint density at radius 1 is 0.970 bits per heavy atom. The van der Waals surface area contributed by atoms with Crippen molar-refractivity contribution in [3.63, 3.8) is 0 Å². The van der Waals surface area contributed by atoms with Crippen LogP contribution >= 0.6 is 0 Å². The van der Waals surface area contributed by atoms with E-state index in [-0.39, 0.29) is 41.9 Å². The van der Waals surface area contributed by atoms with E-state index < -0.39 is 12.0 Å². The summed E-state index contributed by atoms with van der Waals surface area (Å²) in [7, 11) is 0. The SMILES string of the molecule is CCOC(=O)C1=NN(c2ccccc2)C(C(=O)N2CCN(C(=O)c3ccccc3O)CC2)C1. The molecule has 33 heavy (non-hydrogen) atoms. The summed E-state index contributed by atoms with van der Waals surface area (Å²) in [5.41, 5.74) is 1.17. The summed E-state index contributed by atoms with van der Waals surface area (Å²) in [6, 6.07) is 15.0. The summed E-state index contributed by atoms with van der Waals surface area (Å²) in [6.07, 6.45) is 0.156. The summed E-state index contributed by atoms with van der Waals surface area (Å²) < 4.78 is 5.09. The molecule has 2 aromatic carbocycles. The average molecular weight is 450 g/mol. The number of rotatable bonds is 5. The predicted octanol–water partition coefficient (Wildman–Crippen LogP) is 1.87. The summed E-state index contributed by atoms with van der Waals surface area (Å²) in [6.45, 7) is 3.36. The number of phenols is 1. The molecule has 0 aromatic heterocycles. The first-order valence-corrected chi connectivity index (χ1v) is 10.9. The summed E-state index contributed by atoms with van der Waals surface area (Å²) in [5, 5.41) is 16.0. The molecule has 1 unspecified atom stereocenters. The molecule has 2 aromatic rings. The van der Waals surface area contributed by atoms with Gasteiger partial charge in [-0.3, -0.25) is 14.6 Å². The molecule has 2 heterocycles. The number of nitrogens with zero attached hydrogens (tertiary/aromatic N) is 4. The lowest BCUT2D eigenvalue weighted by Gasteiger charge is -2.37. The summed E-state index contributed by atoms with van der Waals surface area (Å²) in [5.74, 6) is -1.00. The highest BCUT2D eigenvalue weighted by Gasteiger charge is 2.40. The third-order valence-electron chi connectivity index (χ3n) is 5.74. The van der Waals surface area contributed by atoms with Crippen LogP contribution in [-0.4, -0.2) is 77.2 Å². The monoisotopic (exact) mass is 450 g/mol. The number of para-hydroxylation sites is 2. The lowest BCUT2D eigenvalue weighted by atomic mass is 10.1. The molecule has 1 saturated heterocycles. The van der Waals surface area contributed by atoms with Crippen LogP contribution in [0.3, 0.4) is 0 Å². The third kappa shape index (κ3) is 4.67. The highest BCUT2D eigenvalue weighted by Crippen LogP contribution is 2.27. The Bertz CT molecular complexity index is 1060. The first kappa shape index (κ1) is 22.3. The van der Waals surface area contributed by atoms with E-state index in [0.29, 0.717) is 31.9 Å². The van der Waals surface area contributed by atoms with Crippen LogP contribution in [0.1, 0.15) is 23.7 Å². The van der Waals surface area contributed by atoms with Crippen molar-refractivity contribution in [3.05, 3.63) is 60.2 Å². The number of hydrogen-bond acceptors (Lipinski definition) is 7. The Kier molecular flexibility index (Phi) is 6.58. The topological polar surface area (TPSA) is 103 Å². The fourth-order valence-corrected chi connectivity index (χ4v) is 4.02. The van der Waals surface area contributed by atoms with Gasteiger partial charge in [0.25, 0.3) is 5.91 Å². The maximum absolute atomic E-state index is 13.4. The van der Waals surface area contributed by atoms with Crippen molar-refractivity contribution in [1.82, 2.24) is 9.80 Å². The Morgan fingerprint density at radius 2 is 1.61 bits per heavy atom. The number of carbonyl (C=O) groups is 3. The van der Waals surface area contributed by atoms with E-state index in [1.807, 2.05) is 30.3 Å². The van der Waals surface area contributed by atoms with E-state index >= 15 is 0 Å². The molecule has 0 bridgehead atoms. The first-order chi connectivity index (χ1) is 16.0. The van der Waals surface area contributed by atoms with Crippen molar-refractivity contribution in [2.75, 3.05) is 37.8 Å². The largest absolute Gasteiger partial charge is 0.507 e. The van der Waals surface area contributed by atoms with Gasteiger partial charge in [0, 0.05) is 32.6 Å².